The van der Waals surface area contributed by atoms with Crippen LogP contribution in [0.15, 0.2) is 46.4 Å². The zero-order valence-corrected chi connectivity index (χ0v) is 21.6. The van der Waals surface area contributed by atoms with Gasteiger partial charge in [-0.2, -0.15) is 0 Å². The van der Waals surface area contributed by atoms with E-state index in [0.29, 0.717) is 30.1 Å². The Morgan fingerprint density at radius 1 is 1.29 bits per heavy atom. The summed E-state index contributed by atoms with van der Waals surface area (Å²) < 4.78 is 21.9. The quantitative estimate of drug-likeness (QED) is 0.292. The minimum atomic E-state index is -1.10. The van der Waals surface area contributed by atoms with E-state index in [1.165, 1.54) is 0 Å². The highest BCUT2D eigenvalue weighted by Crippen LogP contribution is 2.36. The average molecular weight is 518 g/mol. The molecule has 4 rings (SSSR count). The highest BCUT2D eigenvalue weighted by molar-refractivity contribution is 8.01. The van der Waals surface area contributed by atoms with Crippen molar-refractivity contribution >= 4 is 40.0 Å². The molecule has 188 valence electrons. The molecule has 0 bridgehead atoms. The van der Waals surface area contributed by atoms with Crippen LogP contribution in [-0.4, -0.2) is 58.4 Å². The first-order valence-corrected chi connectivity index (χ1v) is 13.9. The van der Waals surface area contributed by atoms with Crippen molar-refractivity contribution in [2.75, 3.05) is 32.5 Å². The van der Waals surface area contributed by atoms with Gasteiger partial charge in [-0.15, -0.1) is 11.3 Å². The number of likely N-dealkylation sites (tertiary alicyclic amines) is 1. The summed E-state index contributed by atoms with van der Waals surface area (Å²) in [6.45, 7) is 2.80. The molecule has 6 nitrogen and oxygen atoms in total. The second-order valence-electron chi connectivity index (χ2n) is 9.02. The molecule has 0 spiro atoms. The number of carboxylic acids is 1. The number of benzene rings is 1. The monoisotopic (exact) mass is 517 g/mol. The smallest absolute Gasteiger partial charge is 0.303 e. The molecule has 9 heteroatoms. The minimum absolute atomic E-state index is 0.163. The zero-order valence-electron chi connectivity index (χ0n) is 19.9. The number of aliphatic carboxylic acids is 1. The lowest BCUT2D eigenvalue weighted by molar-refractivity contribution is -0.137. The first kappa shape index (κ1) is 25.9. The predicted octanol–water partition coefficient (Wildman–Crippen LogP) is 6.09. The fourth-order valence-corrected chi connectivity index (χ4v) is 6.69. The van der Waals surface area contributed by atoms with Gasteiger partial charge in [-0.1, -0.05) is 11.8 Å². The second kappa shape index (κ2) is 12.6. The number of nitrogens with zero attached hydrogens (tertiary/aromatic N) is 3. The maximum Gasteiger partial charge on any atom is 0.303 e. The predicted molar refractivity (Wildman–Crippen MR) is 139 cm³/mol. The van der Waals surface area contributed by atoms with Gasteiger partial charge in [0.2, 0.25) is 0 Å². The summed E-state index contributed by atoms with van der Waals surface area (Å²) >= 11 is 3.42. The molecule has 1 fully saturated rings. The van der Waals surface area contributed by atoms with Gasteiger partial charge in [0.1, 0.15) is 16.3 Å². The van der Waals surface area contributed by atoms with E-state index in [1.54, 1.807) is 42.5 Å². The molecule has 3 heterocycles. The van der Waals surface area contributed by atoms with E-state index in [2.05, 4.69) is 14.9 Å². The van der Waals surface area contributed by atoms with Crippen molar-refractivity contribution in [3.05, 3.63) is 47.6 Å². The molecule has 35 heavy (non-hydrogen) atoms. The fraction of sp³-hybridized carbons (Fsp3) is 0.500. The van der Waals surface area contributed by atoms with E-state index in [1.807, 2.05) is 29.8 Å². The molecule has 0 saturated carbocycles. The molecule has 1 N–H and O–H groups in total. The van der Waals surface area contributed by atoms with Crippen LogP contribution in [-0.2, 0) is 4.79 Å². The van der Waals surface area contributed by atoms with Gasteiger partial charge in [-0.3, -0.25) is 9.78 Å². The largest absolute Gasteiger partial charge is 0.497 e. The van der Waals surface area contributed by atoms with Gasteiger partial charge < -0.3 is 14.7 Å². The molecule has 3 aromatic rings. The fourth-order valence-electron chi connectivity index (χ4n) is 4.98. The number of ether oxygens (including phenoxy) is 1. The van der Waals surface area contributed by atoms with Crippen molar-refractivity contribution in [3.8, 4) is 5.75 Å². The van der Waals surface area contributed by atoms with Crippen LogP contribution in [0.4, 0.5) is 4.39 Å². The molecular formula is C26H32FN3O3S2. The molecule has 2 aromatic heterocycles. The lowest BCUT2D eigenvalue weighted by atomic mass is 9.79. The van der Waals surface area contributed by atoms with Gasteiger partial charge in [-0.05, 0) is 73.9 Å². The molecule has 1 aliphatic heterocycles. The first-order valence-electron chi connectivity index (χ1n) is 12.1. The summed E-state index contributed by atoms with van der Waals surface area (Å²) in [5, 5.41) is 12.0. The number of carbonyl (C=O) groups is 1. The Morgan fingerprint density at radius 2 is 2.17 bits per heavy atom. The van der Waals surface area contributed by atoms with Gasteiger partial charge in [0.25, 0.3) is 0 Å². The Kier molecular flexibility index (Phi) is 9.34. The molecule has 1 aromatic carbocycles. The van der Waals surface area contributed by atoms with E-state index < -0.39 is 12.1 Å². The number of carboxylic acid groups (broad SMARTS) is 1. The minimum Gasteiger partial charge on any atom is -0.497 e. The number of hydrogen-bond acceptors (Lipinski definition) is 7. The summed E-state index contributed by atoms with van der Waals surface area (Å²) in [4.78, 5) is 22.4. The summed E-state index contributed by atoms with van der Waals surface area (Å²) in [6.07, 6.45) is 5.34. The number of methoxy groups -OCH3 is 1. The van der Waals surface area contributed by atoms with Crippen molar-refractivity contribution in [1.82, 2.24) is 14.9 Å². The van der Waals surface area contributed by atoms with E-state index >= 15 is 4.39 Å². The van der Waals surface area contributed by atoms with E-state index in [-0.39, 0.29) is 12.3 Å². The molecule has 3 atom stereocenters. The van der Waals surface area contributed by atoms with Crippen LogP contribution in [0.2, 0.25) is 0 Å². The zero-order chi connectivity index (χ0) is 24.6. The number of piperidine rings is 1. The Labute approximate surface area is 213 Å². The number of halogens is 1. The third-order valence-electron chi connectivity index (χ3n) is 6.86. The number of thioether (sulfide) groups is 1. The van der Waals surface area contributed by atoms with Crippen LogP contribution in [0, 0.1) is 11.8 Å². The van der Waals surface area contributed by atoms with Crippen molar-refractivity contribution in [1.29, 1.82) is 0 Å². The maximum atomic E-state index is 15.5. The lowest BCUT2D eigenvalue weighted by Crippen LogP contribution is -2.41. The van der Waals surface area contributed by atoms with Gasteiger partial charge in [0.15, 0.2) is 0 Å². The average Bonchev–Trinajstić information content (AvgIpc) is 3.39. The Hall–Kier alpha value is -2.23. The second-order valence-corrected chi connectivity index (χ2v) is 11.3. The van der Waals surface area contributed by atoms with Gasteiger partial charge in [0, 0.05) is 48.4 Å². The van der Waals surface area contributed by atoms with E-state index in [4.69, 9.17) is 4.74 Å². The number of thiazole rings is 1. The number of alkyl halides is 1. The van der Waals surface area contributed by atoms with Crippen LogP contribution >= 0.6 is 23.1 Å². The number of fused-ring (bicyclic) bond motifs is 1. The topological polar surface area (TPSA) is 75.5 Å². The SMILES string of the molecule is COc1ccc2nccc([C@H](F)CC[C@@H]3CCN(CCSc4nccs4)C[C@H]3CCC(=O)O)c2c1. The Bertz CT molecular complexity index is 1100. The summed E-state index contributed by atoms with van der Waals surface area (Å²) in [5.41, 5.74) is 1.40. The molecule has 1 saturated heterocycles. The van der Waals surface area contributed by atoms with Crippen LogP contribution in [0.25, 0.3) is 10.9 Å². The summed E-state index contributed by atoms with van der Waals surface area (Å²) in [5.74, 6) is 1.49. The van der Waals surface area contributed by atoms with Gasteiger partial charge in [-0.25, -0.2) is 9.37 Å². The number of aromatic nitrogens is 2. The van der Waals surface area contributed by atoms with Crippen LogP contribution < -0.4 is 4.74 Å². The Morgan fingerprint density at radius 3 is 2.94 bits per heavy atom. The number of rotatable bonds is 12. The van der Waals surface area contributed by atoms with Crippen molar-refractivity contribution in [2.24, 2.45) is 11.8 Å². The molecule has 1 aliphatic rings. The van der Waals surface area contributed by atoms with E-state index in [0.717, 1.165) is 53.5 Å². The van der Waals surface area contributed by atoms with Crippen molar-refractivity contribution in [3.63, 3.8) is 0 Å². The van der Waals surface area contributed by atoms with Gasteiger partial charge in [0.05, 0.1) is 12.6 Å². The molecule has 0 aliphatic carbocycles. The number of hydrogen-bond donors (Lipinski definition) is 1. The van der Waals surface area contributed by atoms with E-state index in [9.17, 15) is 9.90 Å². The third kappa shape index (κ3) is 7.15. The molecule has 0 radical (unpaired) electrons. The maximum absolute atomic E-state index is 15.5. The van der Waals surface area contributed by atoms with Crippen molar-refractivity contribution < 1.29 is 19.0 Å². The number of pyridine rings is 1. The normalized spacial score (nSPS) is 19.6. The molecule has 0 amide bonds. The van der Waals surface area contributed by atoms with Gasteiger partial charge >= 0.3 is 5.97 Å². The van der Waals surface area contributed by atoms with Crippen LogP contribution in [0.3, 0.4) is 0 Å². The van der Waals surface area contributed by atoms with Crippen molar-refractivity contribution in [2.45, 2.75) is 42.6 Å². The third-order valence-corrected chi connectivity index (χ3v) is 8.80. The summed E-state index contributed by atoms with van der Waals surface area (Å²) in [7, 11) is 1.60. The first-order chi connectivity index (χ1) is 17.0. The standard InChI is InChI=1S/C26H32FN3O3S2/c1-33-20-4-6-24-22(16-20)21(8-10-28-24)23(27)5-2-18-9-12-30(17-19(18)3-7-25(31)32)13-15-35-26-29-11-14-34-26/h4,6,8,10-11,14,16,18-19,23H,2-3,5,7,9,12-13,15,17H2,1H3,(H,31,32)/t18-,19-,23-/m1/s1. The van der Waals surface area contributed by atoms with Crippen LogP contribution in [0.5, 0.6) is 5.75 Å². The summed E-state index contributed by atoms with van der Waals surface area (Å²) in [6, 6.07) is 7.30. The Balaban J connectivity index is 1.36. The lowest BCUT2D eigenvalue weighted by Gasteiger charge is -2.39. The highest BCUT2D eigenvalue weighted by atomic mass is 32.2. The molecule has 0 unspecified atom stereocenters. The molecular weight excluding hydrogens is 485 g/mol. The highest BCUT2D eigenvalue weighted by Gasteiger charge is 2.30. The van der Waals surface area contributed by atoms with Crippen LogP contribution in [0.1, 0.15) is 43.8 Å².